The highest BCUT2D eigenvalue weighted by atomic mass is 35.5. The first kappa shape index (κ1) is 18.7. The minimum atomic E-state index is 0.398. The van der Waals surface area contributed by atoms with Crippen LogP contribution in [0, 0.1) is 6.92 Å². The first-order valence-corrected chi connectivity index (χ1v) is 8.29. The Morgan fingerprint density at radius 1 is 0.792 bits per heavy atom. The highest BCUT2D eigenvalue weighted by molar-refractivity contribution is 6.35. The smallest absolute Gasteiger partial charge is 0.161 e. The van der Waals surface area contributed by atoms with Crippen molar-refractivity contribution in [3.8, 4) is 17.2 Å². The summed E-state index contributed by atoms with van der Waals surface area (Å²) in [6.07, 6.45) is 0. The van der Waals surface area contributed by atoms with E-state index < -0.39 is 0 Å². The van der Waals surface area contributed by atoms with Gasteiger partial charge in [0.2, 0.25) is 0 Å². The third-order valence-corrected chi connectivity index (χ3v) is 3.71. The maximum atomic E-state index is 6.02. The lowest BCUT2D eigenvalue weighted by atomic mass is 10.2. The van der Waals surface area contributed by atoms with Crippen molar-refractivity contribution in [2.75, 3.05) is 33.5 Å². The van der Waals surface area contributed by atoms with E-state index in [1.54, 1.807) is 25.3 Å². The van der Waals surface area contributed by atoms with Crippen LogP contribution in [0.4, 0.5) is 0 Å². The normalized spacial score (nSPS) is 10.5. The van der Waals surface area contributed by atoms with E-state index in [1.165, 1.54) is 0 Å². The summed E-state index contributed by atoms with van der Waals surface area (Å²) in [4.78, 5) is 0. The van der Waals surface area contributed by atoms with Gasteiger partial charge in [0.1, 0.15) is 19.0 Å². The van der Waals surface area contributed by atoms with Crippen molar-refractivity contribution < 1.29 is 18.9 Å². The van der Waals surface area contributed by atoms with Gasteiger partial charge in [-0.15, -0.1) is 0 Å². The largest absolute Gasteiger partial charge is 0.493 e. The first-order chi connectivity index (χ1) is 11.6. The number of ether oxygens (including phenoxy) is 4. The van der Waals surface area contributed by atoms with E-state index in [-0.39, 0.29) is 0 Å². The number of rotatable bonds is 9. The van der Waals surface area contributed by atoms with Gasteiger partial charge in [-0.25, -0.2) is 0 Å². The molecule has 0 aromatic heterocycles. The highest BCUT2D eigenvalue weighted by Crippen LogP contribution is 2.28. The Morgan fingerprint density at radius 3 is 2.12 bits per heavy atom. The third-order valence-electron chi connectivity index (χ3n) is 3.18. The van der Waals surface area contributed by atoms with E-state index in [1.807, 2.05) is 25.1 Å². The summed E-state index contributed by atoms with van der Waals surface area (Å²) in [6, 6.07) is 10.9. The Bertz CT molecular complexity index is 661. The van der Waals surface area contributed by atoms with Crippen LogP contribution in [-0.4, -0.2) is 33.5 Å². The molecule has 0 bridgehead atoms. The molecule has 0 radical (unpaired) electrons. The van der Waals surface area contributed by atoms with Crippen molar-refractivity contribution in [2.24, 2.45) is 0 Å². The van der Waals surface area contributed by atoms with Gasteiger partial charge in [0, 0.05) is 5.02 Å². The summed E-state index contributed by atoms with van der Waals surface area (Å²) in [5, 5.41) is 1.06. The SMILES string of the molecule is COc1cc(C)ccc1OCCOCCOc1ccc(Cl)cc1Cl. The van der Waals surface area contributed by atoms with Crippen LogP contribution in [0.2, 0.25) is 10.0 Å². The molecule has 0 spiro atoms. The minimum Gasteiger partial charge on any atom is -0.493 e. The minimum absolute atomic E-state index is 0.398. The maximum Gasteiger partial charge on any atom is 0.161 e. The number of aryl methyl sites for hydroxylation is 1. The predicted molar refractivity (Wildman–Crippen MR) is 96.0 cm³/mol. The van der Waals surface area contributed by atoms with Gasteiger partial charge in [0.05, 0.1) is 25.3 Å². The van der Waals surface area contributed by atoms with E-state index >= 15 is 0 Å². The number of halogens is 2. The van der Waals surface area contributed by atoms with E-state index in [4.69, 9.17) is 42.1 Å². The van der Waals surface area contributed by atoms with Crippen molar-refractivity contribution in [1.82, 2.24) is 0 Å². The van der Waals surface area contributed by atoms with Crippen LogP contribution in [0.25, 0.3) is 0 Å². The number of methoxy groups -OCH3 is 1. The number of hydrogen-bond acceptors (Lipinski definition) is 4. The van der Waals surface area contributed by atoms with Gasteiger partial charge in [-0.05, 0) is 42.8 Å². The zero-order chi connectivity index (χ0) is 17.4. The van der Waals surface area contributed by atoms with Gasteiger partial charge in [-0.1, -0.05) is 29.3 Å². The van der Waals surface area contributed by atoms with Crippen molar-refractivity contribution in [3.05, 3.63) is 52.0 Å². The third kappa shape index (κ3) is 5.78. The molecule has 0 aliphatic heterocycles. The van der Waals surface area contributed by atoms with Crippen LogP contribution in [0.5, 0.6) is 17.2 Å². The average molecular weight is 371 g/mol. The van der Waals surface area contributed by atoms with Crippen LogP contribution >= 0.6 is 23.2 Å². The van der Waals surface area contributed by atoms with Crippen LogP contribution in [0.15, 0.2) is 36.4 Å². The summed E-state index contributed by atoms with van der Waals surface area (Å²) < 4.78 is 21.9. The Hall–Kier alpha value is -1.62. The van der Waals surface area contributed by atoms with Gasteiger partial charge in [0.15, 0.2) is 11.5 Å². The van der Waals surface area contributed by atoms with Gasteiger partial charge in [-0.3, -0.25) is 0 Å². The molecule has 2 aromatic carbocycles. The Labute approximate surface area is 152 Å². The molecule has 24 heavy (non-hydrogen) atoms. The molecule has 0 saturated carbocycles. The lowest BCUT2D eigenvalue weighted by Gasteiger charge is -2.12. The highest BCUT2D eigenvalue weighted by Gasteiger charge is 2.04. The molecule has 0 fully saturated rings. The van der Waals surface area contributed by atoms with Crippen LogP contribution in [0.3, 0.4) is 0 Å². The van der Waals surface area contributed by atoms with E-state index in [2.05, 4.69) is 0 Å². The fraction of sp³-hybridized carbons (Fsp3) is 0.333. The topological polar surface area (TPSA) is 36.9 Å². The molecule has 2 rings (SSSR count). The molecular weight excluding hydrogens is 351 g/mol. The summed E-state index contributed by atoms with van der Waals surface area (Å²) >= 11 is 11.8. The average Bonchev–Trinajstić information content (AvgIpc) is 2.56. The molecule has 0 unspecified atom stereocenters. The van der Waals surface area contributed by atoms with Gasteiger partial charge < -0.3 is 18.9 Å². The van der Waals surface area contributed by atoms with Gasteiger partial charge in [-0.2, -0.15) is 0 Å². The summed E-state index contributed by atoms with van der Waals surface area (Å²) in [5.74, 6) is 2.01. The molecule has 0 saturated heterocycles. The molecule has 0 aliphatic carbocycles. The monoisotopic (exact) mass is 370 g/mol. The Kier molecular flexibility index (Phi) is 7.50. The zero-order valence-electron chi connectivity index (χ0n) is 13.7. The van der Waals surface area contributed by atoms with Crippen LogP contribution in [-0.2, 0) is 4.74 Å². The van der Waals surface area contributed by atoms with Crippen molar-refractivity contribution in [3.63, 3.8) is 0 Å². The molecule has 6 heteroatoms. The fourth-order valence-electron chi connectivity index (χ4n) is 2.01. The van der Waals surface area contributed by atoms with E-state index in [0.29, 0.717) is 48.0 Å². The Morgan fingerprint density at radius 2 is 1.46 bits per heavy atom. The zero-order valence-corrected chi connectivity index (χ0v) is 15.2. The fourth-order valence-corrected chi connectivity index (χ4v) is 2.47. The quantitative estimate of drug-likeness (QED) is 0.595. The van der Waals surface area contributed by atoms with Crippen molar-refractivity contribution in [1.29, 1.82) is 0 Å². The standard InChI is InChI=1S/C18H20Cl2O4/c1-13-3-5-17(18(11-13)21-2)24-10-8-22-7-9-23-16-6-4-14(19)12-15(16)20/h3-6,11-12H,7-10H2,1-2H3. The number of benzene rings is 2. The van der Waals surface area contributed by atoms with Crippen molar-refractivity contribution in [2.45, 2.75) is 6.92 Å². The lowest BCUT2D eigenvalue weighted by molar-refractivity contribution is 0.0757. The molecule has 4 nitrogen and oxygen atoms in total. The lowest BCUT2D eigenvalue weighted by Crippen LogP contribution is -2.12. The predicted octanol–water partition coefficient (Wildman–Crippen LogP) is 4.78. The molecule has 0 heterocycles. The summed E-state index contributed by atoms with van der Waals surface area (Å²) in [7, 11) is 1.62. The van der Waals surface area contributed by atoms with Gasteiger partial charge >= 0.3 is 0 Å². The maximum absolute atomic E-state index is 6.02. The molecular formula is C18H20Cl2O4. The molecule has 0 aliphatic rings. The number of hydrogen-bond donors (Lipinski definition) is 0. The molecule has 130 valence electrons. The molecule has 0 amide bonds. The second-order valence-electron chi connectivity index (χ2n) is 5.04. The second-order valence-corrected chi connectivity index (χ2v) is 5.88. The molecule has 0 N–H and O–H groups in total. The second kappa shape index (κ2) is 9.62. The van der Waals surface area contributed by atoms with Crippen LogP contribution in [0.1, 0.15) is 5.56 Å². The summed E-state index contributed by atoms with van der Waals surface area (Å²) in [6.45, 7) is 3.72. The Balaban J connectivity index is 1.63. The molecule has 0 atom stereocenters. The first-order valence-electron chi connectivity index (χ1n) is 7.53. The van der Waals surface area contributed by atoms with Crippen LogP contribution < -0.4 is 14.2 Å². The summed E-state index contributed by atoms with van der Waals surface area (Å²) in [5.41, 5.74) is 1.12. The van der Waals surface area contributed by atoms with E-state index in [9.17, 15) is 0 Å². The van der Waals surface area contributed by atoms with Crippen molar-refractivity contribution >= 4 is 23.2 Å². The van der Waals surface area contributed by atoms with Gasteiger partial charge in [0.25, 0.3) is 0 Å². The molecule has 2 aromatic rings. The van der Waals surface area contributed by atoms with E-state index in [0.717, 1.165) is 11.3 Å².